The Balaban J connectivity index is 0.00000100. The molecule has 0 saturated heterocycles. The van der Waals surface area contributed by atoms with E-state index in [2.05, 4.69) is 41.5 Å². The number of hydrogen-bond donors (Lipinski definition) is 0. The summed E-state index contributed by atoms with van der Waals surface area (Å²) >= 11 is 0. The summed E-state index contributed by atoms with van der Waals surface area (Å²) in [4.78, 5) is 9.51. The van der Waals surface area contributed by atoms with Gasteiger partial charge in [0.1, 0.15) is 0 Å². The Kier molecular flexibility index (Phi) is 29.5. The first kappa shape index (κ1) is 51.9. The van der Waals surface area contributed by atoms with Crippen LogP contribution in [0.3, 0.4) is 0 Å². The van der Waals surface area contributed by atoms with Crippen molar-refractivity contribution in [3.63, 3.8) is 0 Å². The minimum absolute atomic E-state index is 0. The Bertz CT molecular complexity index is 971. The van der Waals surface area contributed by atoms with Crippen LogP contribution in [0.25, 0.3) is 0 Å². The van der Waals surface area contributed by atoms with E-state index in [4.69, 9.17) is 38.2 Å². The van der Waals surface area contributed by atoms with Gasteiger partial charge in [0, 0.05) is 0 Å². The molecule has 2 rings (SSSR count). The molecule has 0 bridgehead atoms. The molecular formula is C42H70O10Zr. The van der Waals surface area contributed by atoms with Gasteiger partial charge in [-0.15, -0.1) is 0 Å². The fraction of sp³-hybridized carbons (Fsp3) is 0.714. The maximum Gasteiger partial charge on any atom is 2.00 e. The van der Waals surface area contributed by atoms with Crippen LogP contribution < -0.4 is 10.5 Å². The van der Waals surface area contributed by atoms with Gasteiger partial charge in [-0.1, -0.05) is 141 Å². The Labute approximate surface area is 340 Å². The monoisotopic (exact) mass is 824 g/mol. The average Bonchev–Trinajstić information content (AvgIpc) is 3.18. The smallest absolute Gasteiger partial charge is 0.722 e. The van der Waals surface area contributed by atoms with E-state index < -0.39 is 23.1 Å². The zero-order chi connectivity index (χ0) is 38.6. The molecule has 2 aromatic rings. The number of rotatable bonds is 30. The summed E-state index contributed by atoms with van der Waals surface area (Å²) in [6, 6.07) is 18.6. The maximum atomic E-state index is 12.0. The summed E-state index contributed by atoms with van der Waals surface area (Å²) in [5.74, 6) is -3.15. The van der Waals surface area contributed by atoms with Crippen LogP contribution in [-0.4, -0.2) is 51.6 Å². The molecule has 2 unspecified atom stereocenters. The predicted molar refractivity (Wildman–Crippen MR) is 200 cm³/mol. The minimum Gasteiger partial charge on any atom is -0.722 e. The van der Waals surface area contributed by atoms with E-state index in [1.54, 1.807) is 13.8 Å². The molecule has 0 fully saturated rings. The largest absolute Gasteiger partial charge is 2.00 e. The predicted octanol–water partition coefficient (Wildman–Crippen LogP) is 8.59. The Hall–Kier alpha value is -1.08. The molecule has 0 saturated carbocycles. The number of hydrogen-bond acceptors (Lipinski definition) is 10. The van der Waals surface area contributed by atoms with Gasteiger partial charge in [0.2, 0.25) is 0 Å². The van der Waals surface area contributed by atoms with Crippen LogP contribution in [0.2, 0.25) is 0 Å². The molecule has 0 radical (unpaired) electrons. The molecule has 53 heavy (non-hydrogen) atoms. The van der Waals surface area contributed by atoms with Crippen molar-refractivity contribution in [1.29, 1.82) is 0 Å². The molecule has 0 spiro atoms. The van der Waals surface area contributed by atoms with Crippen molar-refractivity contribution in [3.05, 3.63) is 71.8 Å². The fourth-order valence-electron chi connectivity index (χ4n) is 5.25. The summed E-state index contributed by atoms with van der Waals surface area (Å²) in [5, 5.41) is 23.9. The van der Waals surface area contributed by atoms with E-state index in [9.17, 15) is 10.5 Å². The molecule has 2 atom stereocenters. The van der Waals surface area contributed by atoms with Crippen molar-refractivity contribution < 1.29 is 74.9 Å². The van der Waals surface area contributed by atoms with Gasteiger partial charge < -0.3 is 48.7 Å². The number of unbranched alkanes of at least 4 members (excludes halogenated alkanes) is 6. The van der Waals surface area contributed by atoms with Gasteiger partial charge >= 0.3 is 38.1 Å². The summed E-state index contributed by atoms with van der Waals surface area (Å²) in [5.41, 5.74) is -1.52. The van der Waals surface area contributed by atoms with Crippen LogP contribution in [0.15, 0.2) is 60.7 Å². The number of ether oxygens (including phenoxy) is 6. The molecule has 2 aromatic carbocycles. The average molecular weight is 826 g/mol. The topological polar surface area (TPSA) is 120 Å². The molecule has 0 aromatic heterocycles. The normalized spacial score (nSPS) is 14.1. The number of benzene rings is 2. The van der Waals surface area contributed by atoms with Gasteiger partial charge in [0.05, 0.1) is 39.6 Å². The van der Waals surface area contributed by atoms with Crippen LogP contribution >= 0.6 is 0 Å². The van der Waals surface area contributed by atoms with Gasteiger partial charge in [0.25, 0.3) is 0 Å². The first-order valence-corrected chi connectivity index (χ1v) is 19.8. The van der Waals surface area contributed by atoms with Gasteiger partial charge in [0.15, 0.2) is 11.2 Å². The quantitative estimate of drug-likeness (QED) is 0.0328. The van der Waals surface area contributed by atoms with E-state index >= 15 is 0 Å². The zero-order valence-electron chi connectivity index (χ0n) is 34.1. The molecule has 0 aliphatic carbocycles. The molecule has 10 nitrogen and oxygen atoms in total. The molecule has 0 amide bonds. The van der Waals surface area contributed by atoms with Crippen LogP contribution in [-0.2, 0) is 75.6 Å². The van der Waals surface area contributed by atoms with Gasteiger partial charge in [-0.25, -0.2) is 0 Å². The van der Waals surface area contributed by atoms with Crippen LogP contribution in [0.1, 0.15) is 144 Å². The molecule has 0 heterocycles. The van der Waals surface area contributed by atoms with Crippen LogP contribution in [0.4, 0.5) is 0 Å². The summed E-state index contributed by atoms with van der Waals surface area (Å²) in [7, 11) is 0. The maximum absolute atomic E-state index is 12.0. The summed E-state index contributed by atoms with van der Waals surface area (Å²) in [6.45, 7) is 18.5. The van der Waals surface area contributed by atoms with Crippen LogP contribution in [0.5, 0.6) is 0 Å². The first-order valence-electron chi connectivity index (χ1n) is 19.8. The third-order valence-electron chi connectivity index (χ3n) is 8.89. The van der Waals surface area contributed by atoms with Gasteiger partial charge in [-0.05, 0) is 63.5 Å². The second-order valence-corrected chi connectivity index (χ2v) is 13.3. The Morgan fingerprint density at radius 1 is 0.396 bits per heavy atom. The minimum atomic E-state index is -1.57. The standard InChI is InChI=1S/2C21H36O5.Zr/c2*1-5-8-16-23-21(24-17-9-6-2,25-18-10-7-3)20(4,26-22)19-14-12-11-13-15-19;/h2*11-15,22H,5-10,16-18H2,1-4H3;/q;;+2/p-2. The van der Waals surface area contributed by atoms with Crippen LogP contribution in [0, 0.1) is 0 Å². The molecule has 0 aliphatic rings. The van der Waals surface area contributed by atoms with E-state index in [0.717, 1.165) is 77.0 Å². The Morgan fingerprint density at radius 2 is 0.604 bits per heavy atom. The first-order chi connectivity index (χ1) is 25.2. The molecular weight excluding hydrogens is 756 g/mol. The van der Waals surface area contributed by atoms with Crippen molar-refractivity contribution in [2.24, 2.45) is 0 Å². The van der Waals surface area contributed by atoms with Crippen molar-refractivity contribution in [3.8, 4) is 0 Å². The second kappa shape index (κ2) is 30.1. The van der Waals surface area contributed by atoms with E-state index in [1.165, 1.54) is 0 Å². The summed E-state index contributed by atoms with van der Waals surface area (Å²) < 4.78 is 36.6. The van der Waals surface area contributed by atoms with E-state index in [-0.39, 0.29) is 26.2 Å². The SMILES string of the molecule is CCCCOC(OCCCC)(OCCCC)C(C)(O[O-])c1ccccc1.CCCCOC(OCCCC)(OCCCC)C(C)(O[O-])c1ccccc1.[Zr+2]. The second-order valence-electron chi connectivity index (χ2n) is 13.3. The van der Waals surface area contributed by atoms with Gasteiger partial charge in [-0.2, -0.15) is 0 Å². The van der Waals surface area contributed by atoms with Crippen molar-refractivity contribution in [2.45, 2.75) is 156 Å². The van der Waals surface area contributed by atoms with Crippen molar-refractivity contribution in [1.82, 2.24) is 0 Å². The van der Waals surface area contributed by atoms with E-state index in [0.29, 0.717) is 50.8 Å². The fourth-order valence-corrected chi connectivity index (χ4v) is 5.25. The molecule has 302 valence electrons. The van der Waals surface area contributed by atoms with E-state index in [1.807, 2.05) is 60.7 Å². The Morgan fingerprint density at radius 3 is 0.774 bits per heavy atom. The molecule has 11 heteroatoms. The molecule has 0 aliphatic heterocycles. The molecule has 0 N–H and O–H groups in total. The summed E-state index contributed by atoms with van der Waals surface area (Å²) in [6.07, 6.45) is 10.9. The van der Waals surface area contributed by atoms with Gasteiger partial charge in [-0.3, -0.25) is 0 Å². The third kappa shape index (κ3) is 16.1. The third-order valence-corrected chi connectivity index (χ3v) is 8.89. The van der Waals surface area contributed by atoms with Crippen molar-refractivity contribution in [2.75, 3.05) is 39.6 Å². The zero-order valence-corrected chi connectivity index (χ0v) is 36.5. The van der Waals surface area contributed by atoms with Crippen molar-refractivity contribution >= 4 is 0 Å².